The summed E-state index contributed by atoms with van der Waals surface area (Å²) in [5.41, 5.74) is -0.0336. The third-order valence-corrected chi connectivity index (χ3v) is 5.27. The predicted octanol–water partition coefficient (Wildman–Crippen LogP) is -3.43. The number of amides is 1. The van der Waals surface area contributed by atoms with Gasteiger partial charge in [0.1, 0.15) is 5.37 Å². The molecule has 2 aliphatic rings. The fraction of sp³-hybridized carbons (Fsp3) is 0.600. The number of carbonyl (C=O) groups excluding carboxylic acids is 2. The molecule has 3 atom stereocenters. The van der Waals surface area contributed by atoms with E-state index in [0.29, 0.717) is 4.24 Å². The van der Waals surface area contributed by atoms with Gasteiger partial charge in [-0.25, -0.2) is 0 Å². The van der Waals surface area contributed by atoms with Crippen LogP contribution in [0.3, 0.4) is 0 Å². The molecule has 0 bridgehead atoms. The quantitative estimate of drug-likeness (QED) is 0.430. The number of fused-ring (bicyclic) bond motifs is 1. The molecule has 2 unspecified atom stereocenters. The largest absolute Gasteiger partial charge is 1.00 e. The first-order valence-corrected chi connectivity index (χ1v) is 7.11. The molecule has 2 aliphatic heterocycles. The molecule has 1 amide bonds. The van der Waals surface area contributed by atoms with E-state index in [1.54, 1.807) is 6.92 Å². The zero-order valence-electron chi connectivity index (χ0n) is 10.4. The number of thioether (sulfide) groups is 2. The maximum absolute atomic E-state index is 11.8. The molecule has 0 radical (unpaired) electrons. The molecule has 0 aromatic heterocycles. The van der Waals surface area contributed by atoms with E-state index in [2.05, 4.69) is 0 Å². The van der Waals surface area contributed by atoms with E-state index < -0.39 is 18.0 Å². The van der Waals surface area contributed by atoms with Gasteiger partial charge in [0.2, 0.25) is 5.91 Å². The summed E-state index contributed by atoms with van der Waals surface area (Å²) in [4.78, 5) is 24.0. The Labute approximate surface area is 156 Å². The summed E-state index contributed by atoms with van der Waals surface area (Å²) in [5, 5.41) is 20.2. The number of rotatable bonds is 4. The molecule has 1 fully saturated rings. The SMILES string of the molecule is CCSC1=C(C(=O)[O-])N2C(=O)C(C(C)O)[C@H]2S1.[K+]. The number of aliphatic hydroxyl groups excluding tert-OH is 1. The van der Waals surface area contributed by atoms with Gasteiger partial charge in [-0.05, 0) is 12.7 Å². The molecule has 0 saturated carbocycles. The van der Waals surface area contributed by atoms with E-state index >= 15 is 0 Å². The van der Waals surface area contributed by atoms with Crippen LogP contribution in [-0.2, 0) is 9.59 Å². The summed E-state index contributed by atoms with van der Waals surface area (Å²) in [6.45, 7) is 3.46. The summed E-state index contributed by atoms with van der Waals surface area (Å²) < 4.78 is 0.606. The number of aliphatic carboxylic acids is 1. The first kappa shape index (κ1) is 17.0. The van der Waals surface area contributed by atoms with Crippen molar-refractivity contribution in [2.45, 2.75) is 25.3 Å². The van der Waals surface area contributed by atoms with Crippen molar-refractivity contribution in [3.63, 3.8) is 0 Å². The van der Waals surface area contributed by atoms with Gasteiger partial charge in [0.15, 0.2) is 0 Å². The second-order valence-corrected chi connectivity index (χ2v) is 6.50. The van der Waals surface area contributed by atoms with Gasteiger partial charge in [0.25, 0.3) is 0 Å². The van der Waals surface area contributed by atoms with Crippen molar-refractivity contribution in [2.75, 3.05) is 5.75 Å². The minimum atomic E-state index is -1.33. The van der Waals surface area contributed by atoms with E-state index in [0.717, 1.165) is 5.75 Å². The van der Waals surface area contributed by atoms with Crippen molar-refractivity contribution in [2.24, 2.45) is 5.92 Å². The van der Waals surface area contributed by atoms with E-state index in [1.165, 1.54) is 28.4 Å². The number of carboxylic acid groups (broad SMARTS) is 1. The minimum absolute atomic E-state index is 0. The Morgan fingerprint density at radius 2 is 2.28 bits per heavy atom. The molecule has 2 rings (SSSR count). The molecule has 0 aromatic carbocycles. The van der Waals surface area contributed by atoms with Crippen molar-refractivity contribution >= 4 is 35.4 Å². The maximum atomic E-state index is 11.8. The molecule has 1 saturated heterocycles. The zero-order chi connectivity index (χ0) is 12.7. The third-order valence-electron chi connectivity index (χ3n) is 2.73. The maximum Gasteiger partial charge on any atom is 1.00 e. The standard InChI is InChI=1S/C10H13NO4S2.K/c1-3-16-10-6(9(14)15)11-7(13)5(4(2)12)8(11)17-10;/h4-5,8,12H,3H2,1-2H3,(H,14,15);/q;+1/p-1/t4?,5?,8-;/m1./s1. The summed E-state index contributed by atoms with van der Waals surface area (Å²) in [5.74, 6) is -1.44. The van der Waals surface area contributed by atoms with E-state index in [4.69, 9.17) is 0 Å². The van der Waals surface area contributed by atoms with Crippen LogP contribution in [0.5, 0.6) is 0 Å². The molecule has 8 heteroatoms. The Balaban J connectivity index is 0.00000162. The first-order chi connectivity index (χ1) is 7.99. The average molecular weight is 313 g/mol. The first-order valence-electron chi connectivity index (χ1n) is 5.25. The normalized spacial score (nSPS) is 27.5. The average Bonchev–Trinajstić information content (AvgIpc) is 2.53. The van der Waals surface area contributed by atoms with Crippen molar-refractivity contribution in [1.29, 1.82) is 0 Å². The van der Waals surface area contributed by atoms with Gasteiger partial charge in [-0.3, -0.25) is 9.69 Å². The molecule has 1 N–H and O–H groups in total. The van der Waals surface area contributed by atoms with Crippen LogP contribution in [0.4, 0.5) is 0 Å². The smallest absolute Gasteiger partial charge is 0.543 e. The van der Waals surface area contributed by atoms with Crippen LogP contribution < -0.4 is 56.5 Å². The van der Waals surface area contributed by atoms with Crippen LogP contribution in [0.15, 0.2) is 9.93 Å². The number of carbonyl (C=O) groups is 2. The van der Waals surface area contributed by atoms with Crippen molar-refractivity contribution < 1.29 is 71.2 Å². The Kier molecular flexibility index (Phi) is 6.26. The summed E-state index contributed by atoms with van der Waals surface area (Å²) in [6.07, 6.45) is -0.759. The number of hydrogen-bond acceptors (Lipinski definition) is 6. The van der Waals surface area contributed by atoms with Crippen molar-refractivity contribution in [1.82, 2.24) is 4.90 Å². The van der Waals surface area contributed by atoms with Gasteiger partial charge in [-0.2, -0.15) is 0 Å². The molecule has 18 heavy (non-hydrogen) atoms. The number of aliphatic hydroxyl groups is 1. The van der Waals surface area contributed by atoms with Gasteiger partial charge >= 0.3 is 51.4 Å². The molecular formula is C10H12KNO4S2. The fourth-order valence-corrected chi connectivity index (χ4v) is 4.79. The number of β-lactam (4-membered cyclic amide) rings is 1. The van der Waals surface area contributed by atoms with Gasteiger partial charge in [0.05, 0.1) is 27.9 Å². The second kappa shape index (κ2) is 6.62. The Morgan fingerprint density at radius 3 is 2.72 bits per heavy atom. The zero-order valence-corrected chi connectivity index (χ0v) is 15.1. The Morgan fingerprint density at radius 1 is 1.67 bits per heavy atom. The van der Waals surface area contributed by atoms with E-state index in [1.807, 2.05) is 6.92 Å². The van der Waals surface area contributed by atoms with Gasteiger partial charge < -0.3 is 15.0 Å². The molecule has 0 aromatic rings. The number of hydrogen-bond donors (Lipinski definition) is 1. The molecule has 0 aliphatic carbocycles. The van der Waals surface area contributed by atoms with Crippen LogP contribution in [0.2, 0.25) is 0 Å². The van der Waals surface area contributed by atoms with E-state index in [9.17, 15) is 19.8 Å². The van der Waals surface area contributed by atoms with Crippen molar-refractivity contribution in [3.8, 4) is 0 Å². The second-order valence-electron chi connectivity index (χ2n) is 3.84. The number of carboxylic acids is 1. The Bertz CT molecular complexity index is 413. The topological polar surface area (TPSA) is 80.7 Å². The van der Waals surface area contributed by atoms with Gasteiger partial charge in [0, 0.05) is 0 Å². The van der Waals surface area contributed by atoms with Gasteiger partial charge in [-0.15, -0.1) is 11.8 Å². The third kappa shape index (κ3) is 2.71. The molecule has 5 nitrogen and oxygen atoms in total. The Hall–Kier alpha value is 0.976. The summed E-state index contributed by atoms with van der Waals surface area (Å²) in [6, 6.07) is 0. The minimum Gasteiger partial charge on any atom is -0.543 e. The molecule has 2 heterocycles. The van der Waals surface area contributed by atoms with Crippen molar-refractivity contribution in [3.05, 3.63) is 9.93 Å². The van der Waals surface area contributed by atoms with Crippen LogP contribution in [0, 0.1) is 5.92 Å². The van der Waals surface area contributed by atoms with Crippen LogP contribution in [-0.4, -0.2) is 39.1 Å². The summed E-state index contributed by atoms with van der Waals surface area (Å²) >= 11 is 2.71. The van der Waals surface area contributed by atoms with E-state index in [-0.39, 0.29) is 68.4 Å². The monoisotopic (exact) mass is 313 g/mol. The fourth-order valence-electron chi connectivity index (χ4n) is 1.97. The van der Waals surface area contributed by atoms with Crippen LogP contribution >= 0.6 is 23.5 Å². The molecule has 0 spiro atoms. The van der Waals surface area contributed by atoms with Crippen LogP contribution in [0.25, 0.3) is 0 Å². The number of nitrogens with zero attached hydrogens (tertiary/aromatic N) is 1. The summed E-state index contributed by atoms with van der Waals surface area (Å²) in [7, 11) is 0. The molecular weight excluding hydrogens is 301 g/mol. The molecule has 94 valence electrons. The van der Waals surface area contributed by atoms with Gasteiger partial charge in [-0.1, -0.05) is 18.7 Å². The predicted molar refractivity (Wildman–Crippen MR) is 63.6 cm³/mol. The van der Waals surface area contributed by atoms with Crippen LogP contribution in [0.1, 0.15) is 13.8 Å².